The maximum absolute atomic E-state index is 13.5. The Hall–Kier alpha value is -3.35. The molecule has 1 saturated heterocycles. The van der Waals surface area contributed by atoms with Crippen molar-refractivity contribution in [3.63, 3.8) is 0 Å². The van der Waals surface area contributed by atoms with Crippen molar-refractivity contribution in [3.05, 3.63) is 69.2 Å². The normalized spacial score (nSPS) is 18.0. The van der Waals surface area contributed by atoms with Gasteiger partial charge in [0.2, 0.25) is 5.91 Å². The topological polar surface area (TPSA) is 96.8 Å². The summed E-state index contributed by atoms with van der Waals surface area (Å²) in [5.41, 5.74) is 5.94. The monoisotopic (exact) mass is 562 g/mol. The van der Waals surface area contributed by atoms with Gasteiger partial charge in [-0.2, -0.15) is 23.3 Å². The molecule has 5 rings (SSSR count). The lowest BCUT2D eigenvalue weighted by Crippen LogP contribution is -2.49. The average molecular weight is 563 g/mol. The van der Waals surface area contributed by atoms with E-state index in [0.29, 0.717) is 41.8 Å². The van der Waals surface area contributed by atoms with Crippen molar-refractivity contribution in [2.75, 3.05) is 32.7 Å². The quantitative estimate of drug-likeness (QED) is 0.475. The van der Waals surface area contributed by atoms with Gasteiger partial charge in [-0.1, -0.05) is 23.7 Å². The van der Waals surface area contributed by atoms with Gasteiger partial charge in [-0.05, 0) is 53.2 Å². The Morgan fingerprint density at radius 2 is 1.89 bits per heavy atom. The van der Waals surface area contributed by atoms with Crippen LogP contribution in [0, 0.1) is 0 Å². The number of hydrogen-bond donors (Lipinski definition) is 1. The lowest BCUT2D eigenvalue weighted by atomic mass is 10.1. The summed E-state index contributed by atoms with van der Waals surface area (Å²) >= 11 is 7.08. The van der Waals surface area contributed by atoms with E-state index in [9.17, 15) is 22.8 Å². The fraction of sp³-hybridized carbons (Fsp3) is 0.280. The first-order valence-corrected chi connectivity index (χ1v) is 12.9. The Bertz CT molecular complexity index is 1480. The van der Waals surface area contributed by atoms with Crippen LogP contribution in [0.3, 0.4) is 0 Å². The van der Waals surface area contributed by atoms with E-state index >= 15 is 0 Å². The number of carbonyl (C=O) groups excluding carboxylic acids is 2. The Labute approximate surface area is 224 Å². The predicted molar refractivity (Wildman–Crippen MR) is 141 cm³/mol. The van der Waals surface area contributed by atoms with Gasteiger partial charge in [-0.25, -0.2) is 0 Å². The first-order chi connectivity index (χ1) is 18.1. The summed E-state index contributed by atoms with van der Waals surface area (Å²) in [5.74, 6) is -0.701. The molecule has 1 fully saturated rings. The highest BCUT2D eigenvalue weighted by Gasteiger charge is 2.34. The molecule has 3 aromatic rings. The Balaban J connectivity index is 1.30. The van der Waals surface area contributed by atoms with Crippen LogP contribution in [0.1, 0.15) is 16.7 Å². The molecule has 8 nitrogen and oxygen atoms in total. The lowest BCUT2D eigenvalue weighted by Gasteiger charge is -2.34. The molecule has 0 atom stereocenters. The largest absolute Gasteiger partial charge is 0.416 e. The fourth-order valence-corrected chi connectivity index (χ4v) is 5.57. The number of amides is 2. The molecule has 198 valence electrons. The number of thioether (sulfide) groups is 1. The summed E-state index contributed by atoms with van der Waals surface area (Å²) in [4.78, 5) is 32.3. The summed E-state index contributed by atoms with van der Waals surface area (Å²) in [5, 5.41) is 5.65. The van der Waals surface area contributed by atoms with Crippen LogP contribution < -0.4 is 5.73 Å². The van der Waals surface area contributed by atoms with Gasteiger partial charge in [-0.15, -0.1) is 0 Å². The standard InChI is InChI=1S/C25H22ClF3N6O2S/c26-18-3-2-16(19(11-18)25(27,28)29)13-35-20-4-1-15(9-17(20)12-31-35)10-21-23(37)32-24(38-21)34-7-5-33(6-8-34)14-22(30)36/h1-4,9-12H,5-8,13-14H2,(H2,30,36)/b21-10-. The van der Waals surface area contributed by atoms with Gasteiger partial charge < -0.3 is 10.6 Å². The molecule has 38 heavy (non-hydrogen) atoms. The number of amidine groups is 1. The first-order valence-electron chi connectivity index (χ1n) is 11.7. The van der Waals surface area contributed by atoms with Crippen molar-refractivity contribution >= 4 is 57.3 Å². The van der Waals surface area contributed by atoms with Crippen LogP contribution in [-0.4, -0.2) is 69.3 Å². The summed E-state index contributed by atoms with van der Waals surface area (Å²) in [6, 6.07) is 9.08. The highest BCUT2D eigenvalue weighted by atomic mass is 35.5. The smallest absolute Gasteiger partial charge is 0.369 e. The van der Waals surface area contributed by atoms with E-state index in [-0.39, 0.29) is 35.5 Å². The van der Waals surface area contributed by atoms with Crippen molar-refractivity contribution < 1.29 is 22.8 Å². The van der Waals surface area contributed by atoms with E-state index in [1.807, 2.05) is 15.9 Å². The zero-order valence-corrected chi connectivity index (χ0v) is 21.5. The number of nitrogens with two attached hydrogens (primary N) is 1. The van der Waals surface area contributed by atoms with Crippen molar-refractivity contribution in [2.45, 2.75) is 12.7 Å². The molecule has 0 aliphatic carbocycles. The Morgan fingerprint density at radius 1 is 1.13 bits per heavy atom. The number of aromatic nitrogens is 2. The molecule has 0 spiro atoms. The van der Waals surface area contributed by atoms with E-state index in [1.165, 1.54) is 28.6 Å². The summed E-state index contributed by atoms with van der Waals surface area (Å²) in [6.07, 6.45) is -1.21. The Morgan fingerprint density at radius 3 is 2.61 bits per heavy atom. The van der Waals surface area contributed by atoms with Crippen LogP contribution in [0.4, 0.5) is 13.2 Å². The van der Waals surface area contributed by atoms with Crippen molar-refractivity contribution in [2.24, 2.45) is 10.7 Å². The van der Waals surface area contributed by atoms with Gasteiger partial charge >= 0.3 is 6.18 Å². The molecule has 0 unspecified atom stereocenters. The first kappa shape index (κ1) is 26.3. The number of alkyl halides is 3. The molecular weight excluding hydrogens is 541 g/mol. The van der Waals surface area contributed by atoms with Crippen molar-refractivity contribution in [1.82, 2.24) is 19.6 Å². The number of fused-ring (bicyclic) bond motifs is 1. The number of nitrogens with zero attached hydrogens (tertiary/aromatic N) is 5. The van der Waals surface area contributed by atoms with Crippen molar-refractivity contribution in [3.8, 4) is 0 Å². The van der Waals surface area contributed by atoms with E-state index in [4.69, 9.17) is 17.3 Å². The lowest BCUT2D eigenvalue weighted by molar-refractivity contribution is -0.138. The van der Waals surface area contributed by atoms with Crippen LogP contribution >= 0.6 is 23.4 Å². The van der Waals surface area contributed by atoms with Crippen LogP contribution in [0.5, 0.6) is 0 Å². The van der Waals surface area contributed by atoms with Crippen LogP contribution in [0.2, 0.25) is 5.02 Å². The van der Waals surface area contributed by atoms with Gasteiger partial charge in [0.05, 0.1) is 35.3 Å². The Kier molecular flexibility index (Phi) is 7.21. The van der Waals surface area contributed by atoms with Crippen LogP contribution in [0.25, 0.3) is 17.0 Å². The number of piperazine rings is 1. The van der Waals surface area contributed by atoms with Gasteiger partial charge in [0, 0.05) is 36.6 Å². The minimum absolute atomic E-state index is 0.0147. The zero-order chi connectivity index (χ0) is 27.0. The molecule has 2 aromatic carbocycles. The summed E-state index contributed by atoms with van der Waals surface area (Å²) in [6.45, 7) is 2.70. The number of halogens is 4. The minimum atomic E-state index is -4.54. The molecule has 2 N–H and O–H groups in total. The molecule has 2 aliphatic heterocycles. The molecule has 3 heterocycles. The van der Waals surface area contributed by atoms with Gasteiger partial charge in [0.25, 0.3) is 5.91 Å². The predicted octanol–water partition coefficient (Wildman–Crippen LogP) is 3.83. The maximum atomic E-state index is 13.5. The molecule has 13 heteroatoms. The van der Waals surface area contributed by atoms with Gasteiger partial charge in [0.15, 0.2) is 5.17 Å². The van der Waals surface area contributed by atoms with E-state index < -0.39 is 11.7 Å². The second-order valence-electron chi connectivity index (χ2n) is 8.96. The molecular formula is C25H22ClF3N6O2S. The molecule has 2 amide bonds. The zero-order valence-electron chi connectivity index (χ0n) is 19.9. The number of rotatable bonds is 5. The third kappa shape index (κ3) is 5.71. The molecule has 0 saturated carbocycles. The SMILES string of the molecule is NC(=O)CN1CCN(C2=NC(=O)/C(=C/c3ccc4c(cnn4Cc4ccc(Cl)cc4C(F)(F)F)c3)S2)CC1. The summed E-state index contributed by atoms with van der Waals surface area (Å²) in [7, 11) is 0. The molecule has 1 aromatic heterocycles. The molecule has 0 radical (unpaired) electrons. The molecule has 0 bridgehead atoms. The fourth-order valence-electron chi connectivity index (χ4n) is 4.44. The number of hydrogen-bond acceptors (Lipinski definition) is 6. The van der Waals surface area contributed by atoms with E-state index in [0.717, 1.165) is 17.0 Å². The minimum Gasteiger partial charge on any atom is -0.369 e. The van der Waals surface area contributed by atoms with Gasteiger partial charge in [-0.3, -0.25) is 19.2 Å². The van der Waals surface area contributed by atoms with Crippen LogP contribution in [-0.2, 0) is 22.3 Å². The van der Waals surface area contributed by atoms with E-state index in [2.05, 4.69) is 10.1 Å². The average Bonchev–Trinajstić information content (AvgIpc) is 3.42. The number of primary amides is 1. The second kappa shape index (κ2) is 10.4. The number of carbonyl (C=O) groups is 2. The number of aliphatic imine (C=N–C) groups is 1. The number of benzene rings is 2. The van der Waals surface area contributed by atoms with Crippen LogP contribution in [0.15, 0.2) is 52.5 Å². The van der Waals surface area contributed by atoms with Gasteiger partial charge in [0.1, 0.15) is 0 Å². The molecule has 2 aliphatic rings. The third-order valence-electron chi connectivity index (χ3n) is 6.29. The maximum Gasteiger partial charge on any atom is 0.416 e. The van der Waals surface area contributed by atoms with E-state index in [1.54, 1.807) is 24.4 Å². The highest BCUT2D eigenvalue weighted by Crippen LogP contribution is 2.35. The second-order valence-corrected chi connectivity index (χ2v) is 10.4. The van der Waals surface area contributed by atoms with Crippen molar-refractivity contribution in [1.29, 1.82) is 0 Å². The third-order valence-corrected chi connectivity index (χ3v) is 7.57. The summed E-state index contributed by atoms with van der Waals surface area (Å²) < 4.78 is 42.0. The highest BCUT2D eigenvalue weighted by molar-refractivity contribution is 8.18.